The number of fused-ring (bicyclic) bond motifs is 1. The van der Waals surface area contributed by atoms with E-state index in [1.807, 2.05) is 0 Å². The molecule has 3 aromatic rings. The van der Waals surface area contributed by atoms with Gasteiger partial charge in [0, 0.05) is 23.9 Å². The first kappa shape index (κ1) is 22.6. The van der Waals surface area contributed by atoms with Gasteiger partial charge in [-0.15, -0.1) is 10.2 Å². The van der Waals surface area contributed by atoms with Gasteiger partial charge in [0.1, 0.15) is 12.6 Å². The zero-order valence-electron chi connectivity index (χ0n) is 17.4. The van der Waals surface area contributed by atoms with Crippen molar-refractivity contribution in [2.75, 3.05) is 4.90 Å². The highest BCUT2D eigenvalue weighted by Crippen LogP contribution is 2.43. The zero-order chi connectivity index (χ0) is 24.1. The van der Waals surface area contributed by atoms with E-state index in [1.165, 1.54) is 42.2 Å². The molecule has 1 aliphatic rings. The largest absolute Gasteiger partial charge is 0.416 e. The minimum atomic E-state index is -4.78. The molecule has 2 atom stereocenters. The third kappa shape index (κ3) is 3.77. The normalized spacial score (nSPS) is 16.5. The number of amides is 1. The molecule has 33 heavy (non-hydrogen) atoms. The van der Waals surface area contributed by atoms with Crippen LogP contribution in [0.25, 0.3) is 0 Å². The number of carbonyl (C=O) groups excluding carboxylic acids is 2. The van der Waals surface area contributed by atoms with Crippen LogP contribution in [0.4, 0.5) is 27.6 Å². The summed E-state index contributed by atoms with van der Waals surface area (Å²) < 4.78 is 72.4. The fourth-order valence-corrected chi connectivity index (χ4v) is 3.85. The number of hydrogen-bond acceptors (Lipinski definition) is 4. The molecule has 0 radical (unpaired) electrons. The summed E-state index contributed by atoms with van der Waals surface area (Å²) in [4.78, 5) is 25.1. The molecule has 0 N–H and O–H groups in total. The average molecular weight is 464 g/mol. The highest BCUT2D eigenvalue weighted by molar-refractivity contribution is 6.11. The molecule has 0 fully saturated rings. The van der Waals surface area contributed by atoms with Crippen molar-refractivity contribution in [3.63, 3.8) is 0 Å². The number of nitrogens with zero attached hydrogens (tertiary/aromatic N) is 4. The van der Waals surface area contributed by atoms with Crippen LogP contribution in [-0.2, 0) is 25.4 Å². The molecule has 0 saturated carbocycles. The predicted octanol–water partition coefficient (Wildman–Crippen LogP) is 4.70. The summed E-state index contributed by atoms with van der Waals surface area (Å²) in [7, 11) is 1.46. The van der Waals surface area contributed by atoms with Crippen LogP contribution in [0.2, 0.25) is 0 Å². The first-order valence-electron chi connectivity index (χ1n) is 9.73. The van der Waals surface area contributed by atoms with Gasteiger partial charge in [-0.25, -0.2) is 8.78 Å². The number of rotatable bonds is 5. The molecule has 11 heteroatoms. The minimum Gasteiger partial charge on any atom is -0.318 e. The van der Waals surface area contributed by atoms with Gasteiger partial charge in [0.2, 0.25) is 0 Å². The Bertz CT molecular complexity index is 1250. The number of benzene rings is 2. The number of carbonyl (C=O) groups is 2. The molecule has 4 rings (SSSR count). The van der Waals surface area contributed by atoms with Crippen LogP contribution in [-0.4, -0.2) is 27.0 Å². The lowest BCUT2D eigenvalue weighted by atomic mass is 9.92. The Morgan fingerprint density at radius 2 is 1.88 bits per heavy atom. The molecule has 1 aliphatic heterocycles. The zero-order valence-corrected chi connectivity index (χ0v) is 17.4. The fourth-order valence-electron chi connectivity index (χ4n) is 3.85. The summed E-state index contributed by atoms with van der Waals surface area (Å²) in [6.07, 6.45) is -5.52. The van der Waals surface area contributed by atoms with Crippen molar-refractivity contribution in [3.05, 3.63) is 76.4 Å². The number of aldehydes is 1. The van der Waals surface area contributed by atoms with Crippen LogP contribution in [0.5, 0.6) is 0 Å². The molecule has 6 nitrogen and oxygen atoms in total. The van der Waals surface area contributed by atoms with E-state index in [0.29, 0.717) is 6.07 Å². The second kappa shape index (κ2) is 7.75. The van der Waals surface area contributed by atoms with Crippen molar-refractivity contribution < 1.29 is 31.5 Å². The first-order chi connectivity index (χ1) is 15.4. The molecular weight excluding hydrogens is 447 g/mol. The number of aryl methyl sites for hydroxylation is 1. The maximum Gasteiger partial charge on any atom is 0.416 e. The van der Waals surface area contributed by atoms with Gasteiger partial charge in [-0.2, -0.15) is 13.2 Å². The molecule has 2 heterocycles. The van der Waals surface area contributed by atoms with Gasteiger partial charge in [-0.1, -0.05) is 12.1 Å². The number of hydrogen-bond donors (Lipinski definition) is 0. The van der Waals surface area contributed by atoms with Gasteiger partial charge < -0.3 is 9.47 Å². The molecule has 0 aliphatic carbocycles. The van der Waals surface area contributed by atoms with E-state index < -0.39 is 36.0 Å². The molecule has 1 aromatic heterocycles. The third-order valence-electron chi connectivity index (χ3n) is 5.68. The predicted molar refractivity (Wildman–Crippen MR) is 107 cm³/mol. The maximum atomic E-state index is 15.6. The molecule has 2 unspecified atom stereocenters. The van der Waals surface area contributed by atoms with Crippen molar-refractivity contribution in [1.29, 1.82) is 0 Å². The minimum absolute atomic E-state index is 0.0866. The van der Waals surface area contributed by atoms with Crippen molar-refractivity contribution in [2.24, 2.45) is 7.05 Å². The van der Waals surface area contributed by atoms with Gasteiger partial charge in [0.25, 0.3) is 5.91 Å². The topological polar surface area (TPSA) is 68.1 Å². The number of alkyl halides is 5. The summed E-state index contributed by atoms with van der Waals surface area (Å²) in [5, 5.41) is 7.14. The molecule has 0 spiro atoms. The van der Waals surface area contributed by atoms with Crippen LogP contribution in [0.1, 0.15) is 56.3 Å². The Labute approximate surface area is 184 Å². The summed E-state index contributed by atoms with van der Waals surface area (Å²) in [6, 6.07) is 7.09. The van der Waals surface area contributed by atoms with E-state index >= 15 is 8.78 Å². The van der Waals surface area contributed by atoms with Crippen LogP contribution in [0, 0.1) is 0 Å². The van der Waals surface area contributed by atoms with Crippen LogP contribution < -0.4 is 4.90 Å². The smallest absolute Gasteiger partial charge is 0.318 e. The molecule has 2 aromatic carbocycles. The molecule has 0 saturated heterocycles. The maximum absolute atomic E-state index is 15.6. The van der Waals surface area contributed by atoms with E-state index in [2.05, 4.69) is 10.2 Å². The van der Waals surface area contributed by atoms with Crippen LogP contribution in [0.3, 0.4) is 0 Å². The SMILES string of the molecule is Cn1cnnc1C(F)C(C)(F)c1cccc(N2Cc3c(cc(C=O)cc3C(F)(F)F)C2=O)c1. The summed E-state index contributed by atoms with van der Waals surface area (Å²) >= 11 is 0. The quantitative estimate of drug-likeness (QED) is 0.406. The summed E-state index contributed by atoms with van der Waals surface area (Å²) in [5.41, 5.74) is -4.54. The second-order valence-electron chi connectivity index (χ2n) is 7.89. The lowest BCUT2D eigenvalue weighted by molar-refractivity contribution is -0.138. The summed E-state index contributed by atoms with van der Waals surface area (Å²) in [5.74, 6) is -1.02. The third-order valence-corrected chi connectivity index (χ3v) is 5.68. The Morgan fingerprint density at radius 3 is 2.48 bits per heavy atom. The lowest BCUT2D eigenvalue weighted by Gasteiger charge is -2.26. The summed E-state index contributed by atoms with van der Waals surface area (Å²) in [6.45, 7) is 0.571. The lowest BCUT2D eigenvalue weighted by Crippen LogP contribution is -2.27. The first-order valence-corrected chi connectivity index (χ1v) is 9.73. The van der Waals surface area contributed by atoms with Crippen molar-refractivity contribution in [1.82, 2.24) is 14.8 Å². The monoisotopic (exact) mass is 464 g/mol. The molecule has 172 valence electrons. The van der Waals surface area contributed by atoms with Crippen molar-refractivity contribution in [2.45, 2.75) is 31.5 Å². The van der Waals surface area contributed by atoms with Gasteiger partial charge in [-0.05, 0) is 42.3 Å². The highest BCUT2D eigenvalue weighted by Gasteiger charge is 2.43. The van der Waals surface area contributed by atoms with Crippen molar-refractivity contribution in [3.8, 4) is 0 Å². The average Bonchev–Trinajstić information content (AvgIpc) is 3.35. The highest BCUT2D eigenvalue weighted by atomic mass is 19.4. The fraction of sp³-hybridized carbons (Fsp3) is 0.273. The number of halogens is 5. The van der Waals surface area contributed by atoms with E-state index in [4.69, 9.17) is 0 Å². The van der Waals surface area contributed by atoms with Gasteiger partial charge in [0.05, 0.1) is 12.1 Å². The van der Waals surface area contributed by atoms with E-state index in [0.717, 1.165) is 17.9 Å². The Hall–Kier alpha value is -3.63. The van der Waals surface area contributed by atoms with E-state index in [9.17, 15) is 22.8 Å². The molecular formula is C22H17F5N4O2. The Morgan fingerprint density at radius 1 is 1.15 bits per heavy atom. The van der Waals surface area contributed by atoms with Gasteiger partial charge in [0.15, 0.2) is 17.7 Å². The molecule has 1 amide bonds. The van der Waals surface area contributed by atoms with E-state index in [1.54, 1.807) is 0 Å². The number of anilines is 1. The van der Waals surface area contributed by atoms with Crippen LogP contribution in [0.15, 0.2) is 42.7 Å². The van der Waals surface area contributed by atoms with Gasteiger partial charge in [-0.3, -0.25) is 9.59 Å². The Kier molecular flexibility index (Phi) is 5.30. The van der Waals surface area contributed by atoms with Crippen molar-refractivity contribution >= 4 is 17.9 Å². The van der Waals surface area contributed by atoms with Crippen LogP contribution >= 0.6 is 0 Å². The Balaban J connectivity index is 1.73. The second-order valence-corrected chi connectivity index (χ2v) is 7.89. The number of aromatic nitrogens is 3. The standard InChI is InChI=1S/C22H17F5N4O2/c1-21(24,18(23)19-29-28-11-30(19)2)13-4-3-5-14(8-13)31-9-16-15(20(31)33)6-12(10-32)7-17(16)22(25,26)27/h3-8,10-11,18H,9H2,1-2H3. The van der Waals surface area contributed by atoms with Gasteiger partial charge >= 0.3 is 6.18 Å². The van der Waals surface area contributed by atoms with E-state index in [-0.39, 0.29) is 40.1 Å². The molecule has 0 bridgehead atoms.